The molecule has 8 aromatic rings. The largest absolute Gasteiger partial charge is 0.478 e. The van der Waals surface area contributed by atoms with Gasteiger partial charge in [-0.3, -0.25) is 33.8 Å². The fourth-order valence-corrected chi connectivity index (χ4v) is 7.75. The van der Waals surface area contributed by atoms with Crippen LogP contribution < -0.4 is 26.2 Å². The van der Waals surface area contributed by atoms with E-state index < -0.39 is 11.9 Å². The maximum atomic E-state index is 13.5. The quantitative estimate of drug-likeness (QED) is 0.112. The minimum atomic E-state index is -1.06. The maximum absolute atomic E-state index is 13.5. The standard InChI is InChI=1S/C25H22N6O3.C25H21N5O4/c1-27-24(33)16-4-2-15(3-5-16)20-14-29-30-11-10-17(12-21(20)30)25(34)31(19-7-8-19)22-9-6-18(13-28-22)23(26)32;1-26-23(31)16-4-2-15(3-5-16)20-14-28-29-11-10-17(12-21(20)29)24(32)30(19-7-8-19)22-9-6-18(13-27-22)25(33)34/h2-6,9-14,19H,7-8H2,1H3,(H2,26,32)(H,27,33);2-6,9-14,19H,7-8H2,1H3,(H,26,31)(H,33,34). The van der Waals surface area contributed by atoms with Crippen molar-refractivity contribution >= 4 is 58.2 Å². The van der Waals surface area contributed by atoms with Crippen LogP contribution >= 0.6 is 0 Å². The predicted molar refractivity (Wildman–Crippen MR) is 252 cm³/mol. The smallest absolute Gasteiger partial charge is 0.337 e. The number of benzene rings is 2. The summed E-state index contributed by atoms with van der Waals surface area (Å²) in [5.74, 6) is -1.42. The van der Waals surface area contributed by atoms with Gasteiger partial charge in [0.05, 0.1) is 34.6 Å². The highest BCUT2D eigenvalue weighted by Gasteiger charge is 2.36. The van der Waals surface area contributed by atoms with Crippen molar-refractivity contribution in [3.63, 3.8) is 0 Å². The van der Waals surface area contributed by atoms with E-state index in [0.29, 0.717) is 39.5 Å². The number of fused-ring (bicyclic) bond motifs is 2. The molecule has 2 aromatic carbocycles. The van der Waals surface area contributed by atoms with Crippen LogP contribution in [0.1, 0.15) is 87.8 Å². The Morgan fingerprint density at radius 2 is 0.941 bits per heavy atom. The molecule has 0 spiro atoms. The first-order valence-electron chi connectivity index (χ1n) is 21.6. The highest BCUT2D eigenvalue weighted by atomic mass is 16.4. The number of nitrogens with zero attached hydrogens (tertiary/aromatic N) is 8. The third-order valence-electron chi connectivity index (χ3n) is 11.7. The molecule has 18 nitrogen and oxygen atoms in total. The van der Waals surface area contributed by atoms with E-state index in [9.17, 15) is 28.8 Å². The lowest BCUT2D eigenvalue weighted by atomic mass is 10.0. The van der Waals surface area contributed by atoms with E-state index in [1.807, 2.05) is 30.3 Å². The second-order valence-corrected chi connectivity index (χ2v) is 16.2. The van der Waals surface area contributed by atoms with Gasteiger partial charge in [0.1, 0.15) is 11.6 Å². The SMILES string of the molecule is CNC(=O)c1ccc(-c2cnn3ccc(C(=O)N(c4ccc(C(=O)O)cn4)C4CC4)cc23)cc1.CNC(=O)c1ccc(-c2cnn3ccc(C(=O)N(c4ccc(C(N)=O)cn4)C4CC4)cc23)cc1. The Hall–Kier alpha value is -9.06. The average molecular weight is 910 g/mol. The highest BCUT2D eigenvalue weighted by molar-refractivity contribution is 6.08. The summed E-state index contributed by atoms with van der Waals surface area (Å²) in [7, 11) is 3.17. The molecule has 2 saturated carbocycles. The number of carbonyl (C=O) groups is 6. The summed E-state index contributed by atoms with van der Waals surface area (Å²) in [4.78, 5) is 85.1. The van der Waals surface area contributed by atoms with Crippen molar-refractivity contribution in [1.82, 2.24) is 39.8 Å². The summed E-state index contributed by atoms with van der Waals surface area (Å²) in [6.45, 7) is 0. The van der Waals surface area contributed by atoms with Gasteiger partial charge in [-0.2, -0.15) is 10.2 Å². The van der Waals surface area contributed by atoms with Crippen molar-refractivity contribution < 1.29 is 33.9 Å². The zero-order valence-corrected chi connectivity index (χ0v) is 36.7. The Morgan fingerprint density at radius 3 is 1.28 bits per heavy atom. The monoisotopic (exact) mass is 909 g/mol. The molecule has 340 valence electrons. The van der Waals surface area contributed by atoms with Crippen molar-refractivity contribution in [2.75, 3.05) is 23.9 Å². The first kappa shape index (κ1) is 44.2. The number of hydrogen-bond acceptors (Lipinski definition) is 10. The van der Waals surface area contributed by atoms with Crippen molar-refractivity contribution in [2.45, 2.75) is 37.8 Å². The Kier molecular flexibility index (Phi) is 12.0. The minimum absolute atomic E-state index is 0.0357. The van der Waals surface area contributed by atoms with E-state index in [0.717, 1.165) is 59.0 Å². The molecule has 6 aromatic heterocycles. The third-order valence-corrected chi connectivity index (χ3v) is 11.7. The molecule has 0 radical (unpaired) electrons. The lowest BCUT2D eigenvalue weighted by Crippen LogP contribution is -2.34. The van der Waals surface area contributed by atoms with E-state index in [4.69, 9.17) is 10.8 Å². The van der Waals surface area contributed by atoms with Crippen molar-refractivity contribution in [3.05, 3.63) is 168 Å². The molecular formula is C50H43N11O7. The molecule has 0 aliphatic heterocycles. The highest BCUT2D eigenvalue weighted by Crippen LogP contribution is 2.35. The van der Waals surface area contributed by atoms with Crippen LogP contribution in [0.2, 0.25) is 0 Å². The van der Waals surface area contributed by atoms with Crippen LogP contribution in [-0.4, -0.2) is 96.0 Å². The second-order valence-electron chi connectivity index (χ2n) is 16.2. The maximum Gasteiger partial charge on any atom is 0.337 e. The fourth-order valence-electron chi connectivity index (χ4n) is 7.75. The number of aromatic nitrogens is 6. The zero-order chi connectivity index (χ0) is 47.6. The number of primary amides is 1. The normalized spacial score (nSPS) is 13.0. The summed E-state index contributed by atoms with van der Waals surface area (Å²) in [5.41, 5.74) is 12.7. The number of nitrogens with one attached hydrogen (secondary N) is 2. The topological polar surface area (TPSA) is 240 Å². The minimum Gasteiger partial charge on any atom is -0.478 e. The molecule has 2 fully saturated rings. The molecule has 0 bridgehead atoms. The van der Waals surface area contributed by atoms with E-state index in [2.05, 4.69) is 30.8 Å². The van der Waals surface area contributed by atoms with Crippen LogP contribution in [0.3, 0.4) is 0 Å². The summed E-state index contributed by atoms with van der Waals surface area (Å²) >= 11 is 0. The molecule has 2 aliphatic carbocycles. The number of carboxylic acids is 1. The Labute approximate surface area is 388 Å². The van der Waals surface area contributed by atoms with E-state index in [1.54, 1.807) is 118 Å². The molecule has 5 N–H and O–H groups in total. The number of carboxylic acid groups (broad SMARTS) is 1. The molecule has 5 amide bonds. The van der Waals surface area contributed by atoms with Gasteiger partial charge in [-0.15, -0.1) is 0 Å². The lowest BCUT2D eigenvalue weighted by Gasteiger charge is -2.21. The molecule has 2 aliphatic rings. The number of nitrogens with two attached hydrogens (primary N) is 1. The molecular weight excluding hydrogens is 867 g/mol. The van der Waals surface area contributed by atoms with Gasteiger partial charge in [0.2, 0.25) is 5.91 Å². The fraction of sp³-hybridized carbons (Fsp3) is 0.160. The van der Waals surface area contributed by atoms with E-state index >= 15 is 0 Å². The van der Waals surface area contributed by atoms with Crippen molar-refractivity contribution in [1.29, 1.82) is 0 Å². The Bertz CT molecular complexity index is 3030. The summed E-state index contributed by atoms with van der Waals surface area (Å²) < 4.78 is 3.40. The van der Waals surface area contributed by atoms with Gasteiger partial charge in [0, 0.05) is 84.3 Å². The van der Waals surface area contributed by atoms with Gasteiger partial charge in [-0.25, -0.2) is 23.8 Å². The van der Waals surface area contributed by atoms with Gasteiger partial charge in [-0.1, -0.05) is 24.3 Å². The van der Waals surface area contributed by atoms with Crippen LogP contribution in [0.15, 0.2) is 134 Å². The first-order chi connectivity index (χ1) is 32.9. The molecule has 10 rings (SSSR count). The molecule has 0 atom stereocenters. The lowest BCUT2D eigenvalue weighted by molar-refractivity contribution is 0.0695. The van der Waals surface area contributed by atoms with Crippen molar-refractivity contribution in [2.24, 2.45) is 5.73 Å². The van der Waals surface area contributed by atoms with Gasteiger partial charge in [-0.05, 0) is 110 Å². The summed E-state index contributed by atoms with van der Waals surface area (Å²) in [6, 6.07) is 27.8. The molecule has 0 unspecified atom stereocenters. The van der Waals surface area contributed by atoms with Crippen molar-refractivity contribution in [3.8, 4) is 22.3 Å². The number of rotatable bonds is 12. The van der Waals surface area contributed by atoms with Gasteiger partial charge < -0.3 is 21.5 Å². The van der Waals surface area contributed by atoms with Gasteiger partial charge in [0.15, 0.2) is 0 Å². The number of carbonyl (C=O) groups excluding carboxylic acids is 5. The predicted octanol–water partition coefficient (Wildman–Crippen LogP) is 5.93. The van der Waals surface area contributed by atoms with Crippen LogP contribution in [-0.2, 0) is 0 Å². The molecule has 18 heteroatoms. The second kappa shape index (κ2) is 18.4. The number of aromatic carboxylic acids is 1. The number of amides is 5. The number of hydrogen-bond donors (Lipinski definition) is 4. The van der Waals surface area contributed by atoms with Gasteiger partial charge in [0.25, 0.3) is 23.6 Å². The van der Waals surface area contributed by atoms with E-state index in [-0.39, 0.29) is 41.3 Å². The first-order valence-corrected chi connectivity index (χ1v) is 21.6. The average Bonchev–Trinajstić information content (AvgIpc) is 4.31. The summed E-state index contributed by atoms with van der Waals surface area (Å²) in [6.07, 6.45) is 13.1. The Morgan fingerprint density at radius 1 is 0.544 bits per heavy atom. The van der Waals surface area contributed by atoms with Gasteiger partial charge >= 0.3 is 5.97 Å². The van der Waals surface area contributed by atoms with Crippen LogP contribution in [0.5, 0.6) is 0 Å². The van der Waals surface area contributed by atoms with E-state index in [1.165, 1.54) is 18.5 Å². The van der Waals surface area contributed by atoms with Crippen LogP contribution in [0.25, 0.3) is 33.3 Å². The summed E-state index contributed by atoms with van der Waals surface area (Å²) in [5, 5.41) is 23.1. The molecule has 6 heterocycles. The Balaban J connectivity index is 0.000000170. The van der Waals surface area contributed by atoms with Crippen LogP contribution in [0, 0.1) is 0 Å². The van der Waals surface area contributed by atoms with Crippen LogP contribution in [0.4, 0.5) is 11.6 Å². The number of anilines is 2. The third kappa shape index (κ3) is 8.97. The molecule has 68 heavy (non-hydrogen) atoms. The zero-order valence-electron chi connectivity index (χ0n) is 36.7. The molecule has 0 saturated heterocycles. The number of pyridine rings is 4.